The SMILES string of the molecule is CCNOS(=O)(=O)CCCN1C(=Cc2n(C)c3ccc4ccccc4c3[n+]2CCCS(=O)(=O)O)N(C)c2ccc3ccccc3c21. The van der Waals surface area contributed by atoms with E-state index in [-0.39, 0.29) is 17.9 Å². The molecule has 0 atom stereocenters. The third-order valence-corrected chi connectivity index (χ3v) is 10.4. The van der Waals surface area contributed by atoms with E-state index in [2.05, 4.69) is 73.0 Å². The van der Waals surface area contributed by atoms with Gasteiger partial charge in [0.25, 0.3) is 26.1 Å². The van der Waals surface area contributed by atoms with Gasteiger partial charge in [-0.05, 0) is 41.5 Å². The number of hydrogen-bond acceptors (Lipinski definition) is 8. The molecule has 4 aromatic carbocycles. The van der Waals surface area contributed by atoms with E-state index in [0.29, 0.717) is 26.1 Å². The molecule has 0 bridgehead atoms. The number of hydrogen-bond donors (Lipinski definition) is 2. The summed E-state index contributed by atoms with van der Waals surface area (Å²) in [5.41, 5.74) is 6.34. The van der Waals surface area contributed by atoms with E-state index in [4.69, 9.17) is 4.28 Å². The number of fused-ring (bicyclic) bond motifs is 6. The summed E-state index contributed by atoms with van der Waals surface area (Å²) in [6.45, 7) is 2.89. The topological polar surface area (TPSA) is 125 Å². The molecule has 0 saturated heterocycles. The zero-order chi connectivity index (χ0) is 32.6. The highest BCUT2D eigenvalue weighted by atomic mass is 32.2. The Balaban J connectivity index is 1.50. The number of hydroxylamine groups is 1. The largest absolute Gasteiger partial charge is 0.329 e. The number of rotatable bonds is 12. The second-order valence-corrected chi connectivity index (χ2v) is 14.7. The van der Waals surface area contributed by atoms with Gasteiger partial charge in [0.2, 0.25) is 0 Å². The van der Waals surface area contributed by atoms with E-state index in [1.807, 2.05) is 44.4 Å². The van der Waals surface area contributed by atoms with Crippen molar-refractivity contribution in [2.45, 2.75) is 26.3 Å². The van der Waals surface area contributed by atoms with Crippen LogP contribution in [0.3, 0.4) is 0 Å². The second kappa shape index (κ2) is 12.6. The van der Waals surface area contributed by atoms with Gasteiger partial charge in [0.15, 0.2) is 11.0 Å². The fourth-order valence-electron chi connectivity index (χ4n) is 6.35. The maximum Gasteiger partial charge on any atom is 0.285 e. The van der Waals surface area contributed by atoms with Crippen LogP contribution in [-0.4, -0.2) is 57.6 Å². The Kier molecular flexibility index (Phi) is 8.79. The third-order valence-electron chi connectivity index (χ3n) is 8.41. The molecule has 11 nitrogen and oxygen atoms in total. The van der Waals surface area contributed by atoms with Gasteiger partial charge in [0, 0.05) is 37.3 Å². The Morgan fingerprint density at radius 3 is 2.26 bits per heavy atom. The van der Waals surface area contributed by atoms with Gasteiger partial charge in [-0.25, -0.2) is 9.13 Å². The van der Waals surface area contributed by atoms with E-state index in [0.717, 1.165) is 55.6 Å². The van der Waals surface area contributed by atoms with Gasteiger partial charge in [-0.15, -0.1) is 0 Å². The Hall–Kier alpha value is -4.01. The van der Waals surface area contributed by atoms with Crippen molar-refractivity contribution in [1.29, 1.82) is 0 Å². The minimum absolute atomic E-state index is 0.163. The Morgan fingerprint density at radius 1 is 0.870 bits per heavy atom. The quantitative estimate of drug-likeness (QED) is 0.112. The lowest BCUT2D eigenvalue weighted by Crippen LogP contribution is -2.38. The fraction of sp³-hybridized carbons (Fsp3) is 0.303. The minimum Gasteiger partial charge on any atom is -0.329 e. The Bertz CT molecular complexity index is 2200. The monoisotopic (exact) mass is 664 g/mol. The first-order valence-electron chi connectivity index (χ1n) is 15.2. The first-order chi connectivity index (χ1) is 22.0. The lowest BCUT2D eigenvalue weighted by atomic mass is 10.1. The van der Waals surface area contributed by atoms with Crippen LogP contribution in [0.15, 0.2) is 78.6 Å². The van der Waals surface area contributed by atoms with E-state index in [9.17, 15) is 21.4 Å². The van der Waals surface area contributed by atoms with Crippen LogP contribution >= 0.6 is 0 Å². The summed E-state index contributed by atoms with van der Waals surface area (Å²) in [7, 11) is -3.93. The third kappa shape index (κ3) is 6.20. The second-order valence-electron chi connectivity index (χ2n) is 11.4. The van der Waals surface area contributed by atoms with E-state index < -0.39 is 20.2 Å². The van der Waals surface area contributed by atoms with Crippen molar-refractivity contribution < 1.29 is 30.2 Å². The zero-order valence-corrected chi connectivity index (χ0v) is 27.7. The highest BCUT2D eigenvalue weighted by Crippen LogP contribution is 2.46. The number of benzene rings is 4. The van der Waals surface area contributed by atoms with Gasteiger partial charge in [-0.3, -0.25) is 4.55 Å². The highest BCUT2D eigenvalue weighted by molar-refractivity contribution is 7.86. The van der Waals surface area contributed by atoms with Crippen LogP contribution < -0.4 is 19.8 Å². The average molecular weight is 665 g/mol. The number of imidazole rings is 1. The molecule has 0 amide bonds. The molecular weight excluding hydrogens is 627 g/mol. The first kappa shape index (κ1) is 32.0. The standard InChI is InChI=1S/C33H37N5O6S2/c1-4-34-44-46(42,43)22-10-20-38-31(36(3)29-18-16-25-12-6-8-14-27(25)33(29)38)23-30-35(2)28-17-15-24-11-5-7-13-26(24)32(28)37(30)19-9-21-45(39,40)41/h5-8,11-18,23,34H,4,9-10,19-22H2,1-3H3/p+1. The fourth-order valence-corrected chi connectivity index (χ4v) is 7.70. The van der Waals surface area contributed by atoms with Crippen LogP contribution in [0.2, 0.25) is 0 Å². The van der Waals surface area contributed by atoms with Crippen LogP contribution in [0.1, 0.15) is 25.6 Å². The number of nitrogens with one attached hydrogen (secondary N) is 1. The number of aryl methyl sites for hydroxylation is 2. The van der Waals surface area contributed by atoms with Crippen molar-refractivity contribution >= 4 is 70.3 Å². The summed E-state index contributed by atoms with van der Waals surface area (Å²) in [6, 6.07) is 24.5. The number of aromatic nitrogens is 2. The molecule has 0 unspecified atom stereocenters. The molecule has 0 aliphatic carbocycles. The molecular formula is C33H38N5O6S2+. The van der Waals surface area contributed by atoms with Crippen LogP contribution in [-0.2, 0) is 38.1 Å². The van der Waals surface area contributed by atoms with Gasteiger partial charge in [0.05, 0.1) is 42.5 Å². The molecule has 13 heteroatoms. The van der Waals surface area contributed by atoms with Gasteiger partial charge >= 0.3 is 0 Å². The highest BCUT2D eigenvalue weighted by Gasteiger charge is 2.33. The number of anilines is 2. The van der Waals surface area contributed by atoms with E-state index >= 15 is 0 Å². The van der Waals surface area contributed by atoms with Crippen LogP contribution in [0.4, 0.5) is 11.4 Å². The molecule has 1 aromatic heterocycles. The van der Waals surface area contributed by atoms with Crippen LogP contribution in [0, 0.1) is 0 Å². The molecule has 1 aliphatic rings. The van der Waals surface area contributed by atoms with E-state index in [1.165, 1.54) is 0 Å². The Labute approximate surface area is 269 Å². The molecule has 0 saturated carbocycles. The van der Waals surface area contributed by atoms with Crippen LogP contribution in [0.5, 0.6) is 0 Å². The zero-order valence-electron chi connectivity index (χ0n) is 26.0. The van der Waals surface area contributed by atoms with Crippen molar-refractivity contribution in [3.63, 3.8) is 0 Å². The van der Waals surface area contributed by atoms with E-state index in [1.54, 1.807) is 6.92 Å². The summed E-state index contributed by atoms with van der Waals surface area (Å²) < 4.78 is 67.0. The van der Waals surface area contributed by atoms with Crippen molar-refractivity contribution in [1.82, 2.24) is 10.0 Å². The predicted molar refractivity (Wildman–Crippen MR) is 182 cm³/mol. The molecule has 0 spiro atoms. The maximum absolute atomic E-state index is 12.5. The summed E-state index contributed by atoms with van der Waals surface area (Å²) in [4.78, 5) is 4.25. The molecule has 2 heterocycles. The first-order valence-corrected chi connectivity index (χ1v) is 18.4. The Morgan fingerprint density at radius 2 is 1.54 bits per heavy atom. The number of nitrogens with zero attached hydrogens (tertiary/aromatic N) is 4. The molecule has 6 rings (SSSR count). The summed E-state index contributed by atoms with van der Waals surface area (Å²) >= 11 is 0. The lowest BCUT2D eigenvalue weighted by molar-refractivity contribution is -0.673. The maximum atomic E-state index is 12.5. The molecule has 0 radical (unpaired) electrons. The molecule has 46 heavy (non-hydrogen) atoms. The lowest BCUT2D eigenvalue weighted by Gasteiger charge is -2.23. The molecule has 2 N–H and O–H groups in total. The van der Waals surface area contributed by atoms with Crippen molar-refractivity contribution in [3.8, 4) is 0 Å². The van der Waals surface area contributed by atoms with Crippen LogP contribution in [0.25, 0.3) is 38.7 Å². The van der Waals surface area contributed by atoms with Crippen molar-refractivity contribution in [2.75, 3.05) is 41.4 Å². The molecule has 0 fully saturated rings. The predicted octanol–water partition coefficient (Wildman–Crippen LogP) is 4.57. The smallest absolute Gasteiger partial charge is 0.285 e. The minimum atomic E-state index is -4.14. The summed E-state index contributed by atoms with van der Waals surface area (Å²) in [5, 5.41) is 4.21. The molecule has 242 valence electrons. The van der Waals surface area contributed by atoms with Gasteiger partial charge < -0.3 is 9.80 Å². The summed E-state index contributed by atoms with van der Waals surface area (Å²) in [5.74, 6) is 1.15. The average Bonchev–Trinajstić information content (AvgIpc) is 3.45. The van der Waals surface area contributed by atoms with Crippen molar-refractivity contribution in [3.05, 3.63) is 84.4 Å². The van der Waals surface area contributed by atoms with Gasteiger partial charge in [0.1, 0.15) is 5.82 Å². The van der Waals surface area contributed by atoms with Crippen molar-refractivity contribution in [2.24, 2.45) is 7.05 Å². The summed E-state index contributed by atoms with van der Waals surface area (Å²) in [6.07, 6.45) is 2.60. The molecule has 1 aliphatic heterocycles. The van der Waals surface area contributed by atoms with Gasteiger partial charge in [-0.2, -0.15) is 26.6 Å². The normalized spacial score (nSPS) is 14.7. The molecule has 5 aromatic rings. The van der Waals surface area contributed by atoms with Gasteiger partial charge in [-0.1, -0.05) is 55.5 Å².